The summed E-state index contributed by atoms with van der Waals surface area (Å²) in [6.07, 6.45) is 1.54. The molecule has 2 rings (SSSR count). The maximum absolute atomic E-state index is 6.02. The van der Waals surface area contributed by atoms with Crippen molar-refractivity contribution in [1.82, 2.24) is 10.6 Å². The van der Waals surface area contributed by atoms with Gasteiger partial charge in [0.2, 0.25) is 0 Å². The number of hydrogen-bond donors (Lipinski definition) is 2. The lowest BCUT2D eigenvalue weighted by Gasteiger charge is -2.18. The Morgan fingerprint density at radius 2 is 2.18 bits per heavy atom. The first-order chi connectivity index (χ1) is 10.7. The van der Waals surface area contributed by atoms with E-state index in [1.807, 2.05) is 36.4 Å². The summed E-state index contributed by atoms with van der Waals surface area (Å²) < 4.78 is 10.8. The SMILES string of the molecule is CN=C(NCc1ccco1)NCC(OC)c1cccc(Cl)c1. The minimum atomic E-state index is -0.110. The average molecular weight is 322 g/mol. The van der Waals surface area contributed by atoms with E-state index in [0.717, 1.165) is 11.3 Å². The molecule has 22 heavy (non-hydrogen) atoms. The summed E-state index contributed by atoms with van der Waals surface area (Å²) in [5.41, 5.74) is 1.02. The summed E-state index contributed by atoms with van der Waals surface area (Å²) >= 11 is 6.02. The van der Waals surface area contributed by atoms with E-state index in [4.69, 9.17) is 20.8 Å². The van der Waals surface area contributed by atoms with E-state index in [1.165, 1.54) is 0 Å². The largest absolute Gasteiger partial charge is 0.467 e. The van der Waals surface area contributed by atoms with Gasteiger partial charge in [-0.1, -0.05) is 23.7 Å². The molecule has 5 nitrogen and oxygen atoms in total. The molecule has 118 valence electrons. The summed E-state index contributed by atoms with van der Waals surface area (Å²) in [6.45, 7) is 1.15. The van der Waals surface area contributed by atoms with E-state index in [9.17, 15) is 0 Å². The predicted octanol–water partition coefficient (Wildman–Crippen LogP) is 2.99. The lowest BCUT2D eigenvalue weighted by atomic mass is 10.1. The lowest BCUT2D eigenvalue weighted by Crippen LogP contribution is -2.39. The number of nitrogens with one attached hydrogen (secondary N) is 2. The van der Waals surface area contributed by atoms with Crippen LogP contribution in [-0.4, -0.2) is 26.7 Å². The van der Waals surface area contributed by atoms with E-state index < -0.39 is 0 Å². The van der Waals surface area contributed by atoms with Crippen LogP contribution in [0.2, 0.25) is 5.02 Å². The van der Waals surface area contributed by atoms with E-state index >= 15 is 0 Å². The van der Waals surface area contributed by atoms with Gasteiger partial charge in [-0.15, -0.1) is 0 Å². The number of furan rings is 1. The number of guanidine groups is 1. The second-order valence-electron chi connectivity index (χ2n) is 4.67. The zero-order valence-corrected chi connectivity index (χ0v) is 13.4. The Labute approximate surface area is 135 Å². The Hall–Kier alpha value is -1.98. The van der Waals surface area contributed by atoms with Crippen molar-refractivity contribution in [2.45, 2.75) is 12.6 Å². The van der Waals surface area contributed by atoms with Gasteiger partial charge in [0.1, 0.15) is 5.76 Å². The van der Waals surface area contributed by atoms with E-state index in [1.54, 1.807) is 20.4 Å². The zero-order valence-electron chi connectivity index (χ0n) is 12.7. The highest BCUT2D eigenvalue weighted by Gasteiger charge is 2.11. The molecule has 0 spiro atoms. The number of benzene rings is 1. The third-order valence-corrected chi connectivity index (χ3v) is 3.43. The Morgan fingerprint density at radius 1 is 1.32 bits per heavy atom. The van der Waals surface area contributed by atoms with Crippen molar-refractivity contribution in [1.29, 1.82) is 0 Å². The minimum Gasteiger partial charge on any atom is -0.467 e. The van der Waals surface area contributed by atoms with Crippen LogP contribution in [0.5, 0.6) is 0 Å². The number of nitrogens with zero attached hydrogens (tertiary/aromatic N) is 1. The molecule has 0 aliphatic heterocycles. The average Bonchev–Trinajstić information content (AvgIpc) is 3.04. The molecule has 0 fully saturated rings. The monoisotopic (exact) mass is 321 g/mol. The zero-order chi connectivity index (χ0) is 15.8. The van der Waals surface area contributed by atoms with Crippen LogP contribution in [-0.2, 0) is 11.3 Å². The molecule has 0 amide bonds. The topological polar surface area (TPSA) is 58.8 Å². The fourth-order valence-electron chi connectivity index (χ4n) is 2.04. The van der Waals surface area contributed by atoms with Gasteiger partial charge in [0.15, 0.2) is 5.96 Å². The molecule has 0 radical (unpaired) electrons. The van der Waals surface area contributed by atoms with Crippen LogP contribution in [0.25, 0.3) is 0 Å². The van der Waals surface area contributed by atoms with Gasteiger partial charge in [-0.05, 0) is 29.8 Å². The molecule has 2 N–H and O–H groups in total. The summed E-state index contributed by atoms with van der Waals surface area (Å²) in [4.78, 5) is 4.18. The fourth-order valence-corrected chi connectivity index (χ4v) is 2.24. The Kier molecular flexibility index (Phi) is 6.30. The Balaban J connectivity index is 1.88. The minimum absolute atomic E-state index is 0.110. The molecule has 1 aromatic heterocycles. The first-order valence-corrected chi connectivity index (χ1v) is 7.36. The number of rotatable bonds is 6. The van der Waals surface area contributed by atoms with Crippen LogP contribution in [0.3, 0.4) is 0 Å². The van der Waals surface area contributed by atoms with E-state index in [2.05, 4.69) is 15.6 Å². The predicted molar refractivity (Wildman–Crippen MR) is 88.1 cm³/mol. The molecule has 0 saturated carbocycles. The molecule has 0 aliphatic rings. The molecule has 1 heterocycles. The number of ether oxygens (including phenoxy) is 1. The molecule has 0 bridgehead atoms. The lowest BCUT2D eigenvalue weighted by molar-refractivity contribution is 0.106. The second kappa shape index (κ2) is 8.46. The molecule has 1 unspecified atom stereocenters. The van der Waals surface area contributed by atoms with Gasteiger partial charge in [0.05, 0.1) is 18.9 Å². The molecule has 6 heteroatoms. The van der Waals surface area contributed by atoms with Crippen LogP contribution in [0.15, 0.2) is 52.1 Å². The quantitative estimate of drug-likeness (QED) is 0.634. The molecule has 1 aromatic carbocycles. The summed E-state index contributed by atoms with van der Waals surface area (Å²) in [5.74, 6) is 1.53. The molecule has 0 saturated heterocycles. The van der Waals surface area contributed by atoms with Gasteiger partial charge in [-0.25, -0.2) is 0 Å². The van der Waals surface area contributed by atoms with Crippen LogP contribution in [0.1, 0.15) is 17.4 Å². The van der Waals surface area contributed by atoms with Crippen molar-refractivity contribution in [3.8, 4) is 0 Å². The molecular weight excluding hydrogens is 302 g/mol. The van der Waals surface area contributed by atoms with Gasteiger partial charge in [-0.3, -0.25) is 4.99 Å². The van der Waals surface area contributed by atoms with Crippen molar-refractivity contribution in [3.63, 3.8) is 0 Å². The van der Waals surface area contributed by atoms with E-state index in [-0.39, 0.29) is 6.10 Å². The summed E-state index contributed by atoms with van der Waals surface area (Å²) in [5, 5.41) is 7.10. The van der Waals surface area contributed by atoms with Crippen LogP contribution in [0.4, 0.5) is 0 Å². The number of aliphatic imine (C=N–C) groups is 1. The van der Waals surface area contributed by atoms with Gasteiger partial charge in [0, 0.05) is 25.7 Å². The number of methoxy groups -OCH3 is 1. The van der Waals surface area contributed by atoms with Crippen molar-refractivity contribution in [3.05, 3.63) is 59.0 Å². The Bertz CT molecular complexity index is 599. The summed E-state index contributed by atoms with van der Waals surface area (Å²) in [7, 11) is 3.39. The highest BCUT2D eigenvalue weighted by molar-refractivity contribution is 6.30. The van der Waals surface area contributed by atoms with Crippen LogP contribution >= 0.6 is 11.6 Å². The van der Waals surface area contributed by atoms with E-state index in [0.29, 0.717) is 24.1 Å². The first kappa shape index (κ1) is 16.4. The van der Waals surface area contributed by atoms with Crippen molar-refractivity contribution in [2.75, 3.05) is 20.7 Å². The van der Waals surface area contributed by atoms with Gasteiger partial charge >= 0.3 is 0 Å². The fraction of sp³-hybridized carbons (Fsp3) is 0.312. The van der Waals surface area contributed by atoms with Crippen molar-refractivity contribution < 1.29 is 9.15 Å². The standard InChI is InChI=1S/C16H20ClN3O2/c1-18-16(19-10-14-7-4-8-22-14)20-11-15(21-2)12-5-3-6-13(17)9-12/h3-9,15H,10-11H2,1-2H3,(H2,18,19,20). The van der Waals surface area contributed by atoms with Crippen LogP contribution in [0, 0.1) is 0 Å². The third kappa shape index (κ3) is 4.79. The normalized spacial score (nSPS) is 13.0. The van der Waals surface area contributed by atoms with Gasteiger partial charge in [-0.2, -0.15) is 0 Å². The molecule has 2 aromatic rings. The second-order valence-corrected chi connectivity index (χ2v) is 5.10. The number of hydrogen-bond acceptors (Lipinski definition) is 3. The van der Waals surface area contributed by atoms with Crippen molar-refractivity contribution >= 4 is 17.6 Å². The smallest absolute Gasteiger partial charge is 0.191 e. The molecular formula is C16H20ClN3O2. The third-order valence-electron chi connectivity index (χ3n) is 3.19. The maximum atomic E-state index is 6.02. The Morgan fingerprint density at radius 3 is 2.82 bits per heavy atom. The van der Waals surface area contributed by atoms with Crippen LogP contribution < -0.4 is 10.6 Å². The van der Waals surface area contributed by atoms with Gasteiger partial charge in [0.25, 0.3) is 0 Å². The highest BCUT2D eigenvalue weighted by atomic mass is 35.5. The molecule has 1 atom stereocenters. The van der Waals surface area contributed by atoms with Crippen molar-refractivity contribution in [2.24, 2.45) is 4.99 Å². The van der Waals surface area contributed by atoms with Gasteiger partial charge < -0.3 is 19.8 Å². The molecule has 0 aliphatic carbocycles. The highest BCUT2D eigenvalue weighted by Crippen LogP contribution is 2.19. The first-order valence-electron chi connectivity index (χ1n) is 6.98. The number of halogens is 1. The summed E-state index contributed by atoms with van der Waals surface area (Å²) in [6, 6.07) is 11.4. The maximum Gasteiger partial charge on any atom is 0.191 e.